The summed E-state index contributed by atoms with van der Waals surface area (Å²) in [5, 5.41) is 2.80. The minimum Gasteiger partial charge on any atom is -0.340 e. The highest BCUT2D eigenvalue weighted by molar-refractivity contribution is 7.13. The predicted octanol–water partition coefficient (Wildman–Crippen LogP) is 3.45. The van der Waals surface area contributed by atoms with Crippen molar-refractivity contribution in [3.05, 3.63) is 40.4 Å². The lowest BCUT2D eigenvalue weighted by molar-refractivity contribution is 0.0769. The SMILES string of the molecule is Cc1ccc(-c2nc(C(=O)N(C)CC3CCN(C)C3)cs2)c(C)c1. The van der Waals surface area contributed by atoms with Crippen molar-refractivity contribution in [1.82, 2.24) is 14.8 Å². The van der Waals surface area contributed by atoms with Crippen molar-refractivity contribution in [1.29, 1.82) is 0 Å². The Morgan fingerprint density at radius 1 is 1.42 bits per heavy atom. The molecule has 2 heterocycles. The summed E-state index contributed by atoms with van der Waals surface area (Å²) in [7, 11) is 4.02. The Bertz CT molecular complexity index is 740. The summed E-state index contributed by atoms with van der Waals surface area (Å²) in [5.41, 5.74) is 4.12. The van der Waals surface area contributed by atoms with Crippen molar-refractivity contribution in [2.45, 2.75) is 20.3 Å². The molecule has 0 aliphatic carbocycles. The number of thiazole rings is 1. The summed E-state index contributed by atoms with van der Waals surface area (Å²) in [6.07, 6.45) is 1.17. The topological polar surface area (TPSA) is 36.4 Å². The van der Waals surface area contributed by atoms with E-state index in [4.69, 9.17) is 0 Å². The number of hydrogen-bond donors (Lipinski definition) is 0. The van der Waals surface area contributed by atoms with Crippen LogP contribution >= 0.6 is 11.3 Å². The van der Waals surface area contributed by atoms with Crippen LogP contribution in [0.4, 0.5) is 0 Å². The summed E-state index contributed by atoms with van der Waals surface area (Å²) >= 11 is 1.54. The molecule has 0 radical (unpaired) electrons. The third-order valence-electron chi connectivity index (χ3n) is 4.70. The summed E-state index contributed by atoms with van der Waals surface area (Å²) < 4.78 is 0. The van der Waals surface area contributed by atoms with Crippen LogP contribution in [0.15, 0.2) is 23.6 Å². The first-order valence-electron chi connectivity index (χ1n) is 8.41. The van der Waals surface area contributed by atoms with E-state index in [-0.39, 0.29) is 5.91 Å². The van der Waals surface area contributed by atoms with Crippen molar-refractivity contribution in [2.75, 3.05) is 33.7 Å². The molecule has 1 aliphatic heterocycles. The minimum atomic E-state index is 0.0248. The van der Waals surface area contributed by atoms with Crippen molar-refractivity contribution in [3.8, 4) is 10.6 Å². The van der Waals surface area contributed by atoms with Crippen LogP contribution in [0.1, 0.15) is 28.0 Å². The van der Waals surface area contributed by atoms with Gasteiger partial charge in [0.2, 0.25) is 0 Å². The maximum absolute atomic E-state index is 12.7. The van der Waals surface area contributed by atoms with Gasteiger partial charge in [-0.1, -0.05) is 23.8 Å². The number of benzene rings is 1. The molecule has 3 rings (SSSR count). The van der Waals surface area contributed by atoms with Gasteiger partial charge in [-0.25, -0.2) is 4.98 Å². The van der Waals surface area contributed by atoms with Crippen LogP contribution in [0, 0.1) is 19.8 Å². The standard InChI is InChI=1S/C19H25N3OS/c1-13-5-6-16(14(2)9-13)18-20-17(12-24-18)19(23)22(4)11-15-7-8-21(3)10-15/h5-6,9,12,15H,7-8,10-11H2,1-4H3. The molecule has 1 aliphatic rings. The minimum absolute atomic E-state index is 0.0248. The van der Waals surface area contributed by atoms with Crippen LogP contribution in [0.25, 0.3) is 10.6 Å². The third-order valence-corrected chi connectivity index (χ3v) is 5.58. The first-order chi connectivity index (χ1) is 11.4. The van der Waals surface area contributed by atoms with Crippen molar-refractivity contribution >= 4 is 17.2 Å². The van der Waals surface area contributed by atoms with Gasteiger partial charge in [0.05, 0.1) is 0 Å². The third kappa shape index (κ3) is 3.68. The summed E-state index contributed by atoms with van der Waals surface area (Å²) in [4.78, 5) is 21.4. The molecule has 2 aromatic rings. The van der Waals surface area contributed by atoms with Gasteiger partial charge in [0.25, 0.3) is 5.91 Å². The van der Waals surface area contributed by atoms with E-state index in [1.807, 2.05) is 17.3 Å². The molecule has 0 spiro atoms. The van der Waals surface area contributed by atoms with Crippen molar-refractivity contribution in [2.24, 2.45) is 5.92 Å². The van der Waals surface area contributed by atoms with Crippen LogP contribution in [-0.2, 0) is 0 Å². The highest BCUT2D eigenvalue weighted by atomic mass is 32.1. The number of likely N-dealkylation sites (tertiary alicyclic amines) is 1. The maximum Gasteiger partial charge on any atom is 0.273 e. The Kier molecular flexibility index (Phi) is 5.01. The van der Waals surface area contributed by atoms with E-state index >= 15 is 0 Å². The second-order valence-corrected chi connectivity index (χ2v) is 7.82. The lowest BCUT2D eigenvalue weighted by Crippen LogP contribution is -2.33. The number of carbonyl (C=O) groups is 1. The highest BCUT2D eigenvalue weighted by Gasteiger charge is 2.24. The molecule has 0 N–H and O–H groups in total. The normalized spacial score (nSPS) is 18.1. The number of carbonyl (C=O) groups excluding carboxylic acids is 1. The summed E-state index contributed by atoms with van der Waals surface area (Å²) in [6.45, 7) is 7.18. The zero-order valence-electron chi connectivity index (χ0n) is 14.9. The molecule has 1 fully saturated rings. The molecule has 1 unspecified atom stereocenters. The van der Waals surface area contributed by atoms with E-state index in [1.54, 1.807) is 11.3 Å². The van der Waals surface area contributed by atoms with Gasteiger partial charge >= 0.3 is 0 Å². The molecule has 1 aromatic heterocycles. The average molecular weight is 343 g/mol. The first kappa shape index (κ1) is 17.1. The predicted molar refractivity (Wildman–Crippen MR) is 99.6 cm³/mol. The molecule has 1 atom stereocenters. The number of nitrogens with zero attached hydrogens (tertiary/aromatic N) is 3. The first-order valence-corrected chi connectivity index (χ1v) is 9.29. The molecule has 0 bridgehead atoms. The molecule has 0 saturated carbocycles. The Morgan fingerprint density at radius 3 is 2.88 bits per heavy atom. The molecule has 24 heavy (non-hydrogen) atoms. The second-order valence-electron chi connectivity index (χ2n) is 6.96. The molecular formula is C19H25N3OS. The van der Waals surface area contributed by atoms with Crippen LogP contribution in [0.3, 0.4) is 0 Å². The van der Waals surface area contributed by atoms with E-state index < -0.39 is 0 Å². The maximum atomic E-state index is 12.7. The van der Waals surface area contributed by atoms with Crippen LogP contribution in [0.5, 0.6) is 0 Å². The molecule has 4 nitrogen and oxygen atoms in total. The fourth-order valence-corrected chi connectivity index (χ4v) is 4.27. The van der Waals surface area contributed by atoms with E-state index in [0.717, 1.165) is 30.2 Å². The zero-order chi connectivity index (χ0) is 17.3. The number of aromatic nitrogens is 1. The zero-order valence-corrected chi connectivity index (χ0v) is 15.7. The fourth-order valence-electron chi connectivity index (χ4n) is 3.39. The molecule has 5 heteroatoms. The monoisotopic (exact) mass is 343 g/mol. The van der Waals surface area contributed by atoms with Gasteiger partial charge < -0.3 is 9.80 Å². The Labute approximate surface area is 148 Å². The van der Waals surface area contributed by atoms with E-state index in [1.165, 1.54) is 17.5 Å². The van der Waals surface area contributed by atoms with Crippen LogP contribution in [-0.4, -0.2) is 54.4 Å². The van der Waals surface area contributed by atoms with Gasteiger partial charge in [-0.15, -0.1) is 11.3 Å². The summed E-state index contributed by atoms with van der Waals surface area (Å²) in [6, 6.07) is 6.34. The largest absolute Gasteiger partial charge is 0.340 e. The Morgan fingerprint density at radius 2 is 2.21 bits per heavy atom. The van der Waals surface area contributed by atoms with Crippen LogP contribution in [0.2, 0.25) is 0 Å². The van der Waals surface area contributed by atoms with Gasteiger partial charge in [-0.3, -0.25) is 4.79 Å². The van der Waals surface area contributed by atoms with Gasteiger partial charge in [0.15, 0.2) is 0 Å². The molecule has 128 valence electrons. The quantitative estimate of drug-likeness (QED) is 0.853. The lowest BCUT2D eigenvalue weighted by atomic mass is 10.1. The number of aryl methyl sites for hydroxylation is 2. The number of rotatable bonds is 4. The van der Waals surface area contributed by atoms with Gasteiger partial charge in [0.1, 0.15) is 10.7 Å². The van der Waals surface area contributed by atoms with E-state index in [2.05, 4.69) is 49.0 Å². The number of hydrogen-bond acceptors (Lipinski definition) is 4. The Hall–Kier alpha value is -1.72. The smallest absolute Gasteiger partial charge is 0.273 e. The molecular weight excluding hydrogens is 318 g/mol. The van der Waals surface area contributed by atoms with Crippen molar-refractivity contribution in [3.63, 3.8) is 0 Å². The average Bonchev–Trinajstić information content (AvgIpc) is 3.16. The van der Waals surface area contributed by atoms with Gasteiger partial charge in [0, 0.05) is 31.1 Å². The lowest BCUT2D eigenvalue weighted by Gasteiger charge is -2.20. The second kappa shape index (κ2) is 7.03. The van der Waals surface area contributed by atoms with Crippen LogP contribution < -0.4 is 0 Å². The van der Waals surface area contributed by atoms with Gasteiger partial charge in [-0.05, 0) is 45.3 Å². The highest BCUT2D eigenvalue weighted by Crippen LogP contribution is 2.28. The molecule has 1 amide bonds. The number of amides is 1. The molecule has 1 saturated heterocycles. The fraction of sp³-hybridized carbons (Fsp3) is 0.474. The van der Waals surface area contributed by atoms with Crippen molar-refractivity contribution < 1.29 is 4.79 Å². The Balaban J connectivity index is 1.71. The molecule has 1 aromatic carbocycles. The van der Waals surface area contributed by atoms with E-state index in [9.17, 15) is 4.79 Å². The van der Waals surface area contributed by atoms with Gasteiger partial charge in [-0.2, -0.15) is 0 Å². The van der Waals surface area contributed by atoms with E-state index in [0.29, 0.717) is 11.6 Å². The summed E-state index contributed by atoms with van der Waals surface area (Å²) in [5.74, 6) is 0.596.